The van der Waals surface area contributed by atoms with Crippen molar-refractivity contribution in [2.45, 2.75) is 26.7 Å². The summed E-state index contributed by atoms with van der Waals surface area (Å²) in [7, 11) is 0. The average molecular weight is 276 g/mol. The first-order chi connectivity index (χ1) is 9.10. The molecule has 1 heterocycles. The highest BCUT2D eigenvalue weighted by Crippen LogP contribution is 2.15. The molecule has 19 heavy (non-hydrogen) atoms. The highest BCUT2D eigenvalue weighted by atomic mass is 35.5. The van der Waals surface area contributed by atoms with Crippen molar-refractivity contribution in [2.75, 3.05) is 6.54 Å². The topological polar surface area (TPSA) is 51.8 Å². The predicted octanol–water partition coefficient (Wildman–Crippen LogP) is 2.84. The molecule has 0 fully saturated rings. The maximum Gasteiger partial charge on any atom is 0.133 e. The summed E-state index contributed by atoms with van der Waals surface area (Å²) in [6.07, 6.45) is 1.56. The van der Waals surface area contributed by atoms with E-state index in [1.165, 1.54) is 5.56 Å². The molecule has 0 unspecified atom stereocenters. The Bertz CT molecular complexity index is 541. The maximum absolute atomic E-state index is 5.88. The Labute approximate surface area is 118 Å². The molecule has 1 aromatic carbocycles. The van der Waals surface area contributed by atoms with Crippen LogP contribution in [0.25, 0.3) is 0 Å². The third-order valence-corrected chi connectivity index (χ3v) is 3.39. The van der Waals surface area contributed by atoms with E-state index in [1.54, 1.807) is 0 Å². The van der Waals surface area contributed by atoms with Crippen molar-refractivity contribution < 1.29 is 0 Å². The number of rotatable bonds is 4. The van der Waals surface area contributed by atoms with Gasteiger partial charge in [-0.2, -0.15) is 0 Å². The number of benzene rings is 1. The number of hydrogen-bond acceptors (Lipinski definition) is 3. The minimum Gasteiger partial charge on any atom is -0.330 e. The van der Waals surface area contributed by atoms with Gasteiger partial charge in [0.15, 0.2) is 0 Å². The van der Waals surface area contributed by atoms with E-state index in [4.69, 9.17) is 17.3 Å². The first-order valence-corrected chi connectivity index (χ1v) is 6.75. The molecule has 0 spiro atoms. The summed E-state index contributed by atoms with van der Waals surface area (Å²) < 4.78 is 0. The lowest BCUT2D eigenvalue weighted by molar-refractivity contribution is 0.851. The van der Waals surface area contributed by atoms with E-state index >= 15 is 0 Å². The fourth-order valence-corrected chi connectivity index (χ4v) is 2.30. The van der Waals surface area contributed by atoms with Crippen LogP contribution in [0.4, 0.5) is 0 Å². The highest BCUT2D eigenvalue weighted by Gasteiger charge is 2.08. The number of nitrogens with two attached hydrogens (primary N) is 1. The van der Waals surface area contributed by atoms with Crippen molar-refractivity contribution >= 4 is 11.6 Å². The summed E-state index contributed by atoms with van der Waals surface area (Å²) in [5.41, 5.74) is 10.00. The molecule has 0 aliphatic rings. The minimum absolute atomic E-state index is 0.627. The van der Waals surface area contributed by atoms with Crippen LogP contribution in [-0.4, -0.2) is 16.5 Å². The van der Waals surface area contributed by atoms with Crippen molar-refractivity contribution in [3.05, 3.63) is 57.6 Å². The summed E-state index contributed by atoms with van der Waals surface area (Å²) >= 11 is 5.88. The van der Waals surface area contributed by atoms with Crippen LogP contribution in [0.5, 0.6) is 0 Å². The van der Waals surface area contributed by atoms with E-state index in [-0.39, 0.29) is 0 Å². The van der Waals surface area contributed by atoms with E-state index in [9.17, 15) is 0 Å². The molecule has 1 aromatic heterocycles. The fourth-order valence-electron chi connectivity index (χ4n) is 2.18. The molecule has 0 aliphatic heterocycles. The zero-order chi connectivity index (χ0) is 13.8. The SMILES string of the molecule is Cc1nc(Cc2ccc(Cl)cc2)nc(C)c1CCN. The van der Waals surface area contributed by atoms with Gasteiger partial charge in [0, 0.05) is 22.8 Å². The highest BCUT2D eigenvalue weighted by molar-refractivity contribution is 6.30. The monoisotopic (exact) mass is 275 g/mol. The van der Waals surface area contributed by atoms with E-state index in [0.717, 1.165) is 40.6 Å². The van der Waals surface area contributed by atoms with Gasteiger partial charge in [0.25, 0.3) is 0 Å². The second kappa shape index (κ2) is 6.13. The molecule has 0 bridgehead atoms. The average Bonchev–Trinajstić information content (AvgIpc) is 2.37. The zero-order valence-electron chi connectivity index (χ0n) is 11.3. The standard InChI is InChI=1S/C15H18ClN3/c1-10-14(7-8-17)11(2)19-15(18-10)9-12-3-5-13(16)6-4-12/h3-6H,7-9,17H2,1-2H3. The number of hydrogen-bond donors (Lipinski definition) is 1. The quantitative estimate of drug-likeness (QED) is 0.933. The zero-order valence-corrected chi connectivity index (χ0v) is 12.0. The van der Waals surface area contributed by atoms with Crippen LogP contribution in [0.3, 0.4) is 0 Å². The molecule has 0 saturated carbocycles. The summed E-state index contributed by atoms with van der Waals surface area (Å²) in [6, 6.07) is 7.78. The summed E-state index contributed by atoms with van der Waals surface area (Å²) in [4.78, 5) is 9.14. The van der Waals surface area contributed by atoms with Crippen molar-refractivity contribution in [3.8, 4) is 0 Å². The number of aryl methyl sites for hydroxylation is 2. The molecule has 0 radical (unpaired) electrons. The Morgan fingerprint density at radius 2 is 1.63 bits per heavy atom. The second-order valence-electron chi connectivity index (χ2n) is 4.63. The van der Waals surface area contributed by atoms with Gasteiger partial charge in [-0.3, -0.25) is 0 Å². The number of nitrogens with zero attached hydrogens (tertiary/aromatic N) is 2. The third-order valence-electron chi connectivity index (χ3n) is 3.14. The Morgan fingerprint density at radius 1 is 1.05 bits per heavy atom. The van der Waals surface area contributed by atoms with Gasteiger partial charge in [-0.05, 0) is 50.1 Å². The molecule has 2 rings (SSSR count). The molecule has 0 aliphatic carbocycles. The van der Waals surface area contributed by atoms with Crippen LogP contribution < -0.4 is 5.73 Å². The lowest BCUT2D eigenvalue weighted by atomic mass is 10.1. The van der Waals surface area contributed by atoms with Crippen LogP contribution in [0.2, 0.25) is 5.02 Å². The van der Waals surface area contributed by atoms with Crippen LogP contribution in [0.1, 0.15) is 28.3 Å². The minimum atomic E-state index is 0.627. The lowest BCUT2D eigenvalue weighted by Gasteiger charge is -2.10. The molecule has 3 nitrogen and oxygen atoms in total. The third kappa shape index (κ3) is 3.52. The van der Waals surface area contributed by atoms with Crippen molar-refractivity contribution in [2.24, 2.45) is 5.73 Å². The molecule has 2 N–H and O–H groups in total. The number of aromatic nitrogens is 2. The first kappa shape index (κ1) is 14.0. The molecule has 0 atom stereocenters. The van der Waals surface area contributed by atoms with E-state index in [2.05, 4.69) is 9.97 Å². The van der Waals surface area contributed by atoms with Crippen LogP contribution in [-0.2, 0) is 12.8 Å². The maximum atomic E-state index is 5.88. The van der Waals surface area contributed by atoms with Gasteiger partial charge in [-0.1, -0.05) is 23.7 Å². The number of halogens is 1. The van der Waals surface area contributed by atoms with Crippen molar-refractivity contribution in [1.29, 1.82) is 0 Å². The second-order valence-corrected chi connectivity index (χ2v) is 5.07. The Morgan fingerprint density at radius 3 is 2.16 bits per heavy atom. The molecule has 0 amide bonds. The predicted molar refractivity (Wildman–Crippen MR) is 78.5 cm³/mol. The Balaban J connectivity index is 2.24. The largest absolute Gasteiger partial charge is 0.330 e. The van der Waals surface area contributed by atoms with Gasteiger partial charge in [-0.25, -0.2) is 9.97 Å². The summed E-state index contributed by atoms with van der Waals surface area (Å²) in [5, 5.41) is 0.746. The van der Waals surface area contributed by atoms with Crippen molar-refractivity contribution in [3.63, 3.8) is 0 Å². The molecule has 4 heteroatoms. The van der Waals surface area contributed by atoms with E-state index in [0.29, 0.717) is 6.54 Å². The Hall–Kier alpha value is -1.45. The van der Waals surface area contributed by atoms with Gasteiger partial charge in [0.1, 0.15) is 5.82 Å². The first-order valence-electron chi connectivity index (χ1n) is 6.37. The van der Waals surface area contributed by atoms with Crippen molar-refractivity contribution in [1.82, 2.24) is 9.97 Å². The molecular weight excluding hydrogens is 258 g/mol. The smallest absolute Gasteiger partial charge is 0.133 e. The molecule has 0 saturated heterocycles. The summed E-state index contributed by atoms with van der Waals surface area (Å²) in [5.74, 6) is 0.845. The van der Waals surface area contributed by atoms with Gasteiger partial charge in [0.2, 0.25) is 0 Å². The van der Waals surface area contributed by atoms with Crippen LogP contribution in [0.15, 0.2) is 24.3 Å². The normalized spacial score (nSPS) is 10.7. The van der Waals surface area contributed by atoms with Crippen LogP contribution in [0, 0.1) is 13.8 Å². The molecule has 100 valence electrons. The molecule has 2 aromatic rings. The van der Waals surface area contributed by atoms with Gasteiger partial charge in [0.05, 0.1) is 0 Å². The van der Waals surface area contributed by atoms with E-state index < -0.39 is 0 Å². The van der Waals surface area contributed by atoms with Gasteiger partial charge >= 0.3 is 0 Å². The van der Waals surface area contributed by atoms with E-state index in [1.807, 2.05) is 38.1 Å². The van der Waals surface area contributed by atoms with Crippen LogP contribution >= 0.6 is 11.6 Å². The Kier molecular flexibility index (Phi) is 4.51. The summed E-state index contributed by atoms with van der Waals surface area (Å²) in [6.45, 7) is 4.66. The lowest BCUT2D eigenvalue weighted by Crippen LogP contribution is -2.10. The fraction of sp³-hybridized carbons (Fsp3) is 0.333. The molecular formula is C15H18ClN3. The van der Waals surface area contributed by atoms with Gasteiger partial charge < -0.3 is 5.73 Å². The van der Waals surface area contributed by atoms with Gasteiger partial charge in [-0.15, -0.1) is 0 Å².